The number of amides is 3. The van der Waals surface area contributed by atoms with E-state index in [1.54, 1.807) is 37.1 Å². The number of unbranched alkanes of at least 4 members (excludes halogenated alkanes) is 5. The van der Waals surface area contributed by atoms with Crippen molar-refractivity contribution in [3.05, 3.63) is 29.3 Å². The van der Waals surface area contributed by atoms with E-state index in [9.17, 15) is 19.5 Å². The van der Waals surface area contributed by atoms with Gasteiger partial charge < -0.3 is 29.9 Å². The van der Waals surface area contributed by atoms with Gasteiger partial charge >= 0.3 is 6.09 Å². The molecule has 0 aliphatic carbocycles. The van der Waals surface area contributed by atoms with Crippen molar-refractivity contribution in [1.29, 1.82) is 0 Å². The lowest BCUT2D eigenvalue weighted by Gasteiger charge is -2.24. The molecule has 0 spiro atoms. The summed E-state index contributed by atoms with van der Waals surface area (Å²) in [4.78, 5) is 41.6. The Morgan fingerprint density at radius 1 is 0.973 bits per heavy atom. The van der Waals surface area contributed by atoms with Gasteiger partial charge in [0.25, 0.3) is 0 Å². The number of thiol groups is 1. The molecule has 0 saturated heterocycles. The Labute approximate surface area is 227 Å². The third-order valence-corrected chi connectivity index (χ3v) is 6.25. The Morgan fingerprint density at radius 3 is 2.27 bits per heavy atom. The molecular formula is C27H46N4O5S. The van der Waals surface area contributed by atoms with Crippen LogP contribution in [0.1, 0.15) is 63.0 Å². The molecule has 10 heteroatoms. The highest BCUT2D eigenvalue weighted by Crippen LogP contribution is 2.23. The highest BCUT2D eigenvalue weighted by Gasteiger charge is 2.17. The number of hydrogen-bond donors (Lipinski definition) is 3. The average Bonchev–Trinajstić information content (AvgIpc) is 2.86. The van der Waals surface area contributed by atoms with Crippen LogP contribution in [0.25, 0.3) is 0 Å². The second kappa shape index (κ2) is 18.9. The first kappa shape index (κ1) is 32.7. The molecule has 37 heavy (non-hydrogen) atoms. The molecule has 1 aromatic carbocycles. The third kappa shape index (κ3) is 14.3. The number of nitrogens with zero attached hydrogens (tertiary/aromatic N) is 3. The molecule has 2 N–H and O–H groups in total. The van der Waals surface area contributed by atoms with Crippen LogP contribution in [0.3, 0.4) is 0 Å². The van der Waals surface area contributed by atoms with E-state index < -0.39 is 6.09 Å². The molecular weight excluding hydrogens is 492 g/mol. The van der Waals surface area contributed by atoms with E-state index in [4.69, 9.17) is 4.74 Å². The minimum atomic E-state index is -0.463. The van der Waals surface area contributed by atoms with Crippen molar-refractivity contribution in [2.45, 2.75) is 65.0 Å². The van der Waals surface area contributed by atoms with Crippen molar-refractivity contribution in [3.63, 3.8) is 0 Å². The van der Waals surface area contributed by atoms with Crippen LogP contribution in [0.5, 0.6) is 5.75 Å². The summed E-state index contributed by atoms with van der Waals surface area (Å²) >= 11 is 4.05. The standard InChI is InChI=1S/C27H46N4O5S/c1-22(33)31(15-10-8-6-5-7-9-14-28-26(34)13-18-37)20-24-19-23(21-32)11-12-25(24)36-27(35)30(4)17-16-29(2)3/h11-12,19,32,37H,5-10,13-18,20-21H2,1-4H3,(H,28,34). The second-order valence-electron chi connectivity index (χ2n) is 9.58. The minimum Gasteiger partial charge on any atom is -0.410 e. The van der Waals surface area contributed by atoms with Gasteiger partial charge in [0.1, 0.15) is 5.75 Å². The number of hydrogen-bond acceptors (Lipinski definition) is 7. The average molecular weight is 539 g/mol. The van der Waals surface area contributed by atoms with Gasteiger partial charge in [0, 0.05) is 58.7 Å². The Hall–Kier alpha value is -2.30. The predicted octanol–water partition coefficient (Wildman–Crippen LogP) is 3.30. The molecule has 1 aromatic rings. The number of carbonyl (C=O) groups is 3. The van der Waals surface area contributed by atoms with E-state index in [1.165, 1.54) is 4.90 Å². The van der Waals surface area contributed by atoms with Gasteiger partial charge in [-0.05, 0) is 50.4 Å². The number of aliphatic hydroxyl groups is 1. The lowest BCUT2D eigenvalue weighted by molar-refractivity contribution is -0.129. The summed E-state index contributed by atoms with van der Waals surface area (Å²) < 4.78 is 5.66. The summed E-state index contributed by atoms with van der Waals surface area (Å²) in [6.45, 7) is 4.26. The summed E-state index contributed by atoms with van der Waals surface area (Å²) in [7, 11) is 5.57. The zero-order chi connectivity index (χ0) is 27.6. The van der Waals surface area contributed by atoms with Crippen LogP contribution in [0.2, 0.25) is 0 Å². The number of likely N-dealkylation sites (N-methyl/N-ethyl adjacent to an activating group) is 2. The Kier molecular flexibility index (Phi) is 16.7. The van der Waals surface area contributed by atoms with E-state index in [2.05, 4.69) is 17.9 Å². The predicted molar refractivity (Wildman–Crippen MR) is 150 cm³/mol. The smallest absolute Gasteiger partial charge is 0.410 e. The second-order valence-corrected chi connectivity index (χ2v) is 10.0. The number of aliphatic hydroxyl groups excluding tert-OH is 1. The van der Waals surface area contributed by atoms with Gasteiger partial charge in [-0.15, -0.1) is 0 Å². The molecule has 0 saturated carbocycles. The number of benzene rings is 1. The first-order valence-electron chi connectivity index (χ1n) is 13.1. The maximum Gasteiger partial charge on any atom is 0.415 e. The molecule has 210 valence electrons. The molecule has 9 nitrogen and oxygen atoms in total. The number of ether oxygens (including phenoxy) is 1. The monoisotopic (exact) mass is 538 g/mol. The van der Waals surface area contributed by atoms with Crippen LogP contribution >= 0.6 is 12.6 Å². The van der Waals surface area contributed by atoms with Crippen LogP contribution in [-0.4, -0.2) is 90.8 Å². The van der Waals surface area contributed by atoms with Crippen molar-refractivity contribution in [3.8, 4) is 5.75 Å². The van der Waals surface area contributed by atoms with E-state index in [-0.39, 0.29) is 18.4 Å². The molecule has 0 fully saturated rings. The lowest BCUT2D eigenvalue weighted by Crippen LogP contribution is -2.35. The highest BCUT2D eigenvalue weighted by atomic mass is 32.1. The van der Waals surface area contributed by atoms with Gasteiger partial charge in [0.15, 0.2) is 0 Å². The van der Waals surface area contributed by atoms with Gasteiger partial charge in [-0.1, -0.05) is 31.7 Å². The maximum absolute atomic E-state index is 12.6. The summed E-state index contributed by atoms with van der Waals surface area (Å²) in [5, 5.41) is 12.5. The molecule has 0 aromatic heterocycles. The molecule has 0 bridgehead atoms. The normalized spacial score (nSPS) is 10.9. The topological polar surface area (TPSA) is 102 Å². The lowest BCUT2D eigenvalue weighted by atomic mass is 10.1. The summed E-state index contributed by atoms with van der Waals surface area (Å²) in [6, 6.07) is 5.18. The van der Waals surface area contributed by atoms with Crippen molar-refractivity contribution in [2.24, 2.45) is 0 Å². The largest absolute Gasteiger partial charge is 0.415 e. The van der Waals surface area contributed by atoms with Gasteiger partial charge in [0.05, 0.1) is 6.61 Å². The molecule has 0 radical (unpaired) electrons. The maximum atomic E-state index is 12.6. The number of carbonyl (C=O) groups excluding carboxylic acids is 3. The van der Waals surface area contributed by atoms with Crippen LogP contribution in [0.15, 0.2) is 18.2 Å². The minimum absolute atomic E-state index is 0.0493. The zero-order valence-corrected chi connectivity index (χ0v) is 23.9. The summed E-state index contributed by atoms with van der Waals surface area (Å²) in [5.41, 5.74) is 1.39. The quantitative estimate of drug-likeness (QED) is 0.196. The first-order valence-corrected chi connectivity index (χ1v) is 13.7. The molecule has 0 atom stereocenters. The van der Waals surface area contributed by atoms with E-state index in [1.807, 2.05) is 19.0 Å². The fourth-order valence-electron chi connectivity index (χ4n) is 3.67. The zero-order valence-electron chi connectivity index (χ0n) is 23.0. The Morgan fingerprint density at radius 2 is 1.65 bits per heavy atom. The molecule has 0 unspecified atom stereocenters. The van der Waals surface area contributed by atoms with Crippen LogP contribution < -0.4 is 10.1 Å². The van der Waals surface area contributed by atoms with Crippen molar-refractivity contribution >= 4 is 30.5 Å². The van der Waals surface area contributed by atoms with Crippen LogP contribution in [0.4, 0.5) is 4.79 Å². The Bertz CT molecular complexity index is 837. The van der Waals surface area contributed by atoms with Gasteiger partial charge in [-0.3, -0.25) is 9.59 Å². The van der Waals surface area contributed by atoms with Crippen LogP contribution in [0, 0.1) is 0 Å². The van der Waals surface area contributed by atoms with Crippen molar-refractivity contribution in [2.75, 3.05) is 53.1 Å². The van der Waals surface area contributed by atoms with Crippen LogP contribution in [-0.2, 0) is 22.7 Å². The van der Waals surface area contributed by atoms with Crippen molar-refractivity contribution in [1.82, 2.24) is 20.0 Å². The van der Waals surface area contributed by atoms with E-state index >= 15 is 0 Å². The molecule has 0 aliphatic rings. The van der Waals surface area contributed by atoms with E-state index in [0.29, 0.717) is 61.8 Å². The first-order chi connectivity index (χ1) is 17.7. The van der Waals surface area contributed by atoms with Gasteiger partial charge in [-0.25, -0.2) is 4.79 Å². The van der Waals surface area contributed by atoms with E-state index in [0.717, 1.165) is 38.5 Å². The fourth-order valence-corrected chi connectivity index (χ4v) is 3.88. The fraction of sp³-hybridized carbons (Fsp3) is 0.667. The Balaban J connectivity index is 2.57. The number of nitrogens with one attached hydrogen (secondary N) is 1. The molecule has 3 amide bonds. The number of rotatable bonds is 18. The third-order valence-electron chi connectivity index (χ3n) is 6.02. The van der Waals surface area contributed by atoms with Crippen molar-refractivity contribution < 1.29 is 24.2 Å². The van der Waals surface area contributed by atoms with Gasteiger partial charge in [-0.2, -0.15) is 12.6 Å². The SMILES string of the molecule is CC(=O)N(CCCCCCCCNC(=O)CCS)Cc1cc(CO)ccc1OC(=O)N(C)CCN(C)C. The highest BCUT2D eigenvalue weighted by molar-refractivity contribution is 7.80. The van der Waals surface area contributed by atoms with Gasteiger partial charge in [0.2, 0.25) is 11.8 Å². The molecule has 1 rings (SSSR count). The summed E-state index contributed by atoms with van der Waals surface area (Å²) in [5.74, 6) is 0.966. The molecule has 0 heterocycles. The molecule has 0 aliphatic heterocycles. The summed E-state index contributed by atoms with van der Waals surface area (Å²) in [6.07, 6.45) is 6.05.